The van der Waals surface area contributed by atoms with E-state index >= 15 is 0 Å². The number of nitrogens with one attached hydrogen (secondary N) is 1. The van der Waals surface area contributed by atoms with Gasteiger partial charge in [0.05, 0.1) is 24.0 Å². The Morgan fingerprint density at radius 3 is 2.95 bits per heavy atom. The van der Waals surface area contributed by atoms with Crippen molar-refractivity contribution in [3.05, 3.63) is 29.8 Å². The molecule has 3 atom stereocenters. The zero-order valence-electron chi connectivity index (χ0n) is 13.2. The van der Waals surface area contributed by atoms with Gasteiger partial charge in [0.15, 0.2) is 0 Å². The molecule has 4 nitrogen and oxygen atoms in total. The highest BCUT2D eigenvalue weighted by molar-refractivity contribution is 5.09. The molecule has 118 valence electrons. The fraction of sp³-hybridized carbons (Fsp3) is 0.688. The van der Waals surface area contributed by atoms with Gasteiger partial charge in [-0.15, -0.1) is 0 Å². The number of pyridine rings is 1. The van der Waals surface area contributed by atoms with Crippen LogP contribution in [0.5, 0.6) is 0 Å². The molecule has 1 saturated heterocycles. The molecule has 0 radical (unpaired) electrons. The Morgan fingerprint density at radius 2 is 2.33 bits per heavy atom. The highest BCUT2D eigenvalue weighted by atomic mass is 19.1. The molecule has 1 aromatic rings. The monoisotopic (exact) mass is 295 g/mol. The summed E-state index contributed by atoms with van der Waals surface area (Å²) in [6.45, 7) is 5.36. The third kappa shape index (κ3) is 4.46. The molecular weight excluding hydrogens is 269 g/mol. The van der Waals surface area contributed by atoms with Gasteiger partial charge in [0, 0.05) is 20.2 Å². The molecule has 3 unspecified atom stereocenters. The fourth-order valence-electron chi connectivity index (χ4n) is 2.95. The molecule has 0 aromatic carbocycles. The number of aromatic nitrogens is 1. The van der Waals surface area contributed by atoms with Crippen molar-refractivity contribution in [1.29, 1.82) is 0 Å². The van der Waals surface area contributed by atoms with Gasteiger partial charge >= 0.3 is 0 Å². The lowest BCUT2D eigenvalue weighted by Gasteiger charge is -2.36. The molecule has 0 bridgehead atoms. The van der Waals surface area contributed by atoms with E-state index in [1.54, 1.807) is 13.2 Å². The van der Waals surface area contributed by atoms with Crippen LogP contribution in [0.1, 0.15) is 31.5 Å². The topological polar surface area (TPSA) is 37.4 Å². The van der Waals surface area contributed by atoms with Crippen LogP contribution in [0.3, 0.4) is 0 Å². The summed E-state index contributed by atoms with van der Waals surface area (Å²) in [5.41, 5.74) is 0.896. The summed E-state index contributed by atoms with van der Waals surface area (Å²) in [5.74, 6) is 0.340. The van der Waals surface area contributed by atoms with Crippen LogP contribution >= 0.6 is 0 Å². The molecule has 21 heavy (non-hydrogen) atoms. The van der Waals surface area contributed by atoms with E-state index < -0.39 is 0 Å². The number of nitrogens with zero attached hydrogens (tertiary/aromatic N) is 2. The maximum absolute atomic E-state index is 12.9. The van der Waals surface area contributed by atoms with Crippen LogP contribution < -0.4 is 5.32 Å². The van der Waals surface area contributed by atoms with Crippen LogP contribution in [-0.4, -0.2) is 49.8 Å². The van der Waals surface area contributed by atoms with Crippen molar-refractivity contribution in [2.24, 2.45) is 5.92 Å². The van der Waals surface area contributed by atoms with E-state index in [1.165, 1.54) is 18.7 Å². The molecule has 5 heteroatoms. The molecule has 1 aliphatic rings. The standard InChI is InChI=1S/C16H26FN3O/c1-12-6-8-20(11-16(12)21-3)9-7-14(18-2)15-5-4-13(17)10-19-15/h4-5,10,12,14,16,18H,6-9,11H2,1-3H3. The minimum absolute atomic E-state index is 0.158. The first-order chi connectivity index (χ1) is 10.1. The summed E-state index contributed by atoms with van der Waals surface area (Å²) in [7, 11) is 3.72. The van der Waals surface area contributed by atoms with Gasteiger partial charge in [-0.05, 0) is 44.5 Å². The third-order valence-electron chi connectivity index (χ3n) is 4.47. The molecule has 1 aliphatic heterocycles. The predicted molar refractivity (Wildman–Crippen MR) is 81.6 cm³/mol. The van der Waals surface area contributed by atoms with E-state index in [0.717, 1.165) is 31.7 Å². The highest BCUT2D eigenvalue weighted by Crippen LogP contribution is 2.21. The normalized spacial score (nSPS) is 25.0. The van der Waals surface area contributed by atoms with Crippen molar-refractivity contribution in [3.63, 3.8) is 0 Å². The summed E-state index contributed by atoms with van der Waals surface area (Å²) in [5, 5.41) is 3.27. The van der Waals surface area contributed by atoms with Gasteiger partial charge in [-0.3, -0.25) is 4.98 Å². The summed E-state index contributed by atoms with van der Waals surface area (Å²) in [6.07, 6.45) is 3.75. The van der Waals surface area contributed by atoms with E-state index in [9.17, 15) is 4.39 Å². The molecule has 1 N–H and O–H groups in total. The van der Waals surface area contributed by atoms with Crippen molar-refractivity contribution < 1.29 is 9.13 Å². The Labute approximate surface area is 126 Å². The molecule has 0 amide bonds. The molecular formula is C16H26FN3O. The molecule has 2 heterocycles. The van der Waals surface area contributed by atoms with Gasteiger partial charge in [0.1, 0.15) is 5.82 Å². The van der Waals surface area contributed by atoms with Crippen LogP contribution in [-0.2, 0) is 4.74 Å². The van der Waals surface area contributed by atoms with Gasteiger partial charge < -0.3 is 15.0 Å². The van der Waals surface area contributed by atoms with Crippen molar-refractivity contribution >= 4 is 0 Å². The lowest BCUT2D eigenvalue weighted by molar-refractivity contribution is -0.00579. The minimum atomic E-state index is -0.290. The second-order valence-electron chi connectivity index (χ2n) is 5.87. The van der Waals surface area contributed by atoms with Crippen LogP contribution in [0, 0.1) is 11.7 Å². The molecule has 0 spiro atoms. The van der Waals surface area contributed by atoms with E-state index in [1.807, 2.05) is 7.05 Å². The SMILES string of the molecule is CNC(CCN1CCC(C)C(OC)C1)c1ccc(F)cn1. The van der Waals surface area contributed by atoms with Crippen LogP contribution in [0.25, 0.3) is 0 Å². The highest BCUT2D eigenvalue weighted by Gasteiger charge is 2.26. The van der Waals surface area contributed by atoms with Crippen molar-refractivity contribution in [3.8, 4) is 0 Å². The second-order valence-corrected chi connectivity index (χ2v) is 5.87. The fourth-order valence-corrected chi connectivity index (χ4v) is 2.95. The Hall–Kier alpha value is -1.04. The Bertz CT molecular complexity index is 426. The van der Waals surface area contributed by atoms with Gasteiger partial charge in [-0.25, -0.2) is 4.39 Å². The van der Waals surface area contributed by atoms with E-state index in [0.29, 0.717) is 12.0 Å². The molecule has 0 saturated carbocycles. The maximum Gasteiger partial charge on any atom is 0.141 e. The lowest BCUT2D eigenvalue weighted by atomic mass is 9.95. The Balaban J connectivity index is 1.87. The van der Waals surface area contributed by atoms with Crippen molar-refractivity contribution in [1.82, 2.24) is 15.2 Å². The summed E-state index contributed by atoms with van der Waals surface area (Å²) in [6, 6.07) is 3.38. The van der Waals surface area contributed by atoms with Gasteiger partial charge in [-0.1, -0.05) is 6.92 Å². The average Bonchev–Trinajstić information content (AvgIpc) is 2.51. The molecule has 2 rings (SSSR count). The van der Waals surface area contributed by atoms with Crippen LogP contribution in [0.15, 0.2) is 18.3 Å². The lowest BCUT2D eigenvalue weighted by Crippen LogP contribution is -2.44. The van der Waals surface area contributed by atoms with Gasteiger partial charge in [-0.2, -0.15) is 0 Å². The first-order valence-corrected chi connectivity index (χ1v) is 7.68. The van der Waals surface area contributed by atoms with Gasteiger partial charge in [0.2, 0.25) is 0 Å². The number of halogens is 1. The molecule has 1 aromatic heterocycles. The predicted octanol–water partition coefficient (Wildman–Crippen LogP) is 2.23. The largest absolute Gasteiger partial charge is 0.380 e. The number of hydrogen-bond acceptors (Lipinski definition) is 4. The summed E-state index contributed by atoms with van der Waals surface area (Å²) >= 11 is 0. The Kier molecular flexibility index (Phi) is 6.08. The van der Waals surface area contributed by atoms with Crippen molar-refractivity contribution in [2.75, 3.05) is 33.8 Å². The number of likely N-dealkylation sites (tertiary alicyclic amines) is 1. The zero-order valence-corrected chi connectivity index (χ0v) is 13.2. The zero-order chi connectivity index (χ0) is 15.2. The number of piperidine rings is 1. The van der Waals surface area contributed by atoms with E-state index in [-0.39, 0.29) is 11.9 Å². The Morgan fingerprint density at radius 1 is 1.52 bits per heavy atom. The van der Waals surface area contributed by atoms with E-state index in [4.69, 9.17) is 4.74 Å². The maximum atomic E-state index is 12.9. The third-order valence-corrected chi connectivity index (χ3v) is 4.47. The summed E-state index contributed by atoms with van der Waals surface area (Å²) in [4.78, 5) is 6.62. The first kappa shape index (κ1) is 16.3. The number of hydrogen-bond donors (Lipinski definition) is 1. The number of methoxy groups -OCH3 is 1. The quantitative estimate of drug-likeness (QED) is 0.873. The van der Waals surface area contributed by atoms with Crippen molar-refractivity contribution in [2.45, 2.75) is 31.9 Å². The average molecular weight is 295 g/mol. The first-order valence-electron chi connectivity index (χ1n) is 7.68. The summed E-state index contributed by atoms with van der Waals surface area (Å²) < 4.78 is 18.5. The van der Waals surface area contributed by atoms with E-state index in [2.05, 4.69) is 22.1 Å². The number of ether oxygens (including phenoxy) is 1. The number of rotatable bonds is 6. The van der Waals surface area contributed by atoms with Crippen LogP contribution in [0.4, 0.5) is 4.39 Å². The van der Waals surface area contributed by atoms with Gasteiger partial charge in [0.25, 0.3) is 0 Å². The van der Waals surface area contributed by atoms with Crippen LogP contribution in [0.2, 0.25) is 0 Å². The molecule has 1 fully saturated rings. The molecule has 0 aliphatic carbocycles. The smallest absolute Gasteiger partial charge is 0.141 e. The second kappa shape index (κ2) is 7.82. The minimum Gasteiger partial charge on any atom is -0.380 e.